The lowest BCUT2D eigenvalue weighted by atomic mass is 9.99. The van der Waals surface area contributed by atoms with Crippen LogP contribution >= 0.6 is 0 Å². The number of amides is 2. The molecule has 0 spiro atoms. The minimum atomic E-state index is -0.959. The number of piperazine rings is 1. The monoisotopic (exact) mass is 621 g/mol. The molecule has 0 aliphatic carbocycles. The van der Waals surface area contributed by atoms with Crippen LogP contribution in [-0.4, -0.2) is 71.6 Å². The molecular weight excluding hydrogens is 589 g/mol. The smallest absolute Gasteiger partial charge is 0.337 e. The molecule has 2 unspecified atom stereocenters. The average molecular weight is 622 g/mol. The van der Waals surface area contributed by atoms with E-state index in [0.29, 0.717) is 27.8 Å². The number of halogens is 1. The van der Waals surface area contributed by atoms with Crippen molar-refractivity contribution in [3.63, 3.8) is 0 Å². The number of nitrogens with zero attached hydrogens (tertiary/aromatic N) is 7. The number of pyridine rings is 2. The van der Waals surface area contributed by atoms with Crippen LogP contribution in [0, 0.1) is 19.7 Å². The molecule has 0 radical (unpaired) electrons. The van der Waals surface area contributed by atoms with Crippen molar-refractivity contribution in [3.05, 3.63) is 76.4 Å². The number of hydrogen-bond donors (Lipinski definition) is 2. The summed E-state index contributed by atoms with van der Waals surface area (Å²) in [5, 5.41) is 10.7. The fraction of sp³-hybridized carbons (Fsp3) is 0.303. The number of rotatable bonds is 4. The quantitative estimate of drug-likeness (QED) is 0.285. The number of nitrogens with one attached hydrogen (secondary N) is 2. The summed E-state index contributed by atoms with van der Waals surface area (Å²) in [6.07, 6.45) is 4.47. The van der Waals surface area contributed by atoms with Gasteiger partial charge in [0.1, 0.15) is 17.6 Å². The maximum atomic E-state index is 17.1. The van der Waals surface area contributed by atoms with Gasteiger partial charge in [0, 0.05) is 29.7 Å². The molecule has 5 aromatic rings. The molecule has 4 aromatic heterocycles. The lowest BCUT2D eigenvalue weighted by Gasteiger charge is -2.44. The molecule has 2 amide bonds. The van der Waals surface area contributed by atoms with Crippen LogP contribution in [0.2, 0.25) is 0 Å². The van der Waals surface area contributed by atoms with Gasteiger partial charge < -0.3 is 15.1 Å². The molecule has 234 valence electrons. The Morgan fingerprint density at radius 2 is 1.91 bits per heavy atom. The van der Waals surface area contributed by atoms with E-state index >= 15 is 4.39 Å². The highest BCUT2D eigenvalue weighted by Gasteiger charge is 2.43. The first-order chi connectivity index (χ1) is 22.0. The van der Waals surface area contributed by atoms with Crippen molar-refractivity contribution in [1.29, 1.82) is 0 Å². The highest BCUT2D eigenvalue weighted by Crippen LogP contribution is 2.43. The number of carbonyl (C=O) groups excluding carboxylic acids is 2. The van der Waals surface area contributed by atoms with Gasteiger partial charge in [-0.3, -0.25) is 19.7 Å². The Hall–Kier alpha value is -5.46. The topological polar surface area (TPSA) is 142 Å². The first-order valence-electron chi connectivity index (χ1n) is 15.1. The van der Waals surface area contributed by atoms with Gasteiger partial charge in [0.2, 0.25) is 11.8 Å². The largest absolute Gasteiger partial charge is 0.355 e. The third kappa shape index (κ3) is 4.21. The molecule has 2 atom stereocenters. The van der Waals surface area contributed by atoms with Gasteiger partial charge in [0.15, 0.2) is 11.5 Å². The van der Waals surface area contributed by atoms with E-state index in [1.54, 1.807) is 23.4 Å². The van der Waals surface area contributed by atoms with Crippen LogP contribution < -0.4 is 15.9 Å². The Bertz CT molecular complexity index is 2190. The maximum absolute atomic E-state index is 17.1. The van der Waals surface area contributed by atoms with Crippen molar-refractivity contribution in [3.8, 4) is 16.9 Å². The third-order valence-corrected chi connectivity index (χ3v) is 8.91. The molecular formula is C33H32FN9O3. The predicted octanol–water partition coefficient (Wildman–Crippen LogP) is 4.14. The second-order valence-corrected chi connectivity index (χ2v) is 12.2. The van der Waals surface area contributed by atoms with Crippen LogP contribution in [0.1, 0.15) is 43.5 Å². The molecule has 2 N–H and O–H groups in total. The third-order valence-electron chi connectivity index (χ3n) is 8.91. The Morgan fingerprint density at radius 3 is 2.65 bits per heavy atom. The van der Waals surface area contributed by atoms with E-state index in [1.807, 2.05) is 46.8 Å². The average Bonchev–Trinajstić information content (AvgIpc) is 3.46. The lowest BCUT2D eigenvalue weighted by molar-refractivity contribution is -0.128. The van der Waals surface area contributed by atoms with Crippen molar-refractivity contribution < 1.29 is 14.0 Å². The summed E-state index contributed by atoms with van der Waals surface area (Å²) < 4.78 is 18.5. The van der Waals surface area contributed by atoms with Crippen molar-refractivity contribution in [2.24, 2.45) is 0 Å². The van der Waals surface area contributed by atoms with Gasteiger partial charge in [0.25, 0.3) is 0 Å². The van der Waals surface area contributed by atoms with Crippen molar-refractivity contribution >= 4 is 45.3 Å². The minimum absolute atomic E-state index is 0.00414. The van der Waals surface area contributed by atoms with E-state index in [2.05, 4.69) is 32.1 Å². The van der Waals surface area contributed by atoms with E-state index < -0.39 is 29.5 Å². The Labute approximate surface area is 263 Å². The van der Waals surface area contributed by atoms with Gasteiger partial charge in [-0.1, -0.05) is 26.5 Å². The van der Waals surface area contributed by atoms with E-state index in [1.165, 1.54) is 15.5 Å². The van der Waals surface area contributed by atoms with Crippen LogP contribution in [0.15, 0.2) is 48.0 Å². The van der Waals surface area contributed by atoms with Gasteiger partial charge in [-0.05, 0) is 56.0 Å². The Kier molecular flexibility index (Phi) is 6.72. The minimum Gasteiger partial charge on any atom is -0.337 e. The number of carbonyl (C=O) groups is 2. The van der Waals surface area contributed by atoms with Crippen LogP contribution in [0.25, 0.3) is 38.9 Å². The van der Waals surface area contributed by atoms with Crippen molar-refractivity contribution in [2.45, 2.75) is 52.6 Å². The molecule has 1 fully saturated rings. The second-order valence-electron chi connectivity index (χ2n) is 12.2. The van der Waals surface area contributed by atoms with E-state index in [9.17, 15) is 14.4 Å². The van der Waals surface area contributed by atoms with Crippen LogP contribution in [-0.2, 0) is 9.59 Å². The fourth-order valence-corrected chi connectivity index (χ4v) is 6.78. The highest BCUT2D eigenvalue weighted by molar-refractivity contribution is 6.12. The Balaban J connectivity index is 1.63. The molecule has 2 aliphatic rings. The predicted molar refractivity (Wildman–Crippen MR) is 173 cm³/mol. The summed E-state index contributed by atoms with van der Waals surface area (Å²) in [5.41, 5.74) is 3.03. The fourth-order valence-electron chi connectivity index (χ4n) is 6.78. The maximum Gasteiger partial charge on any atom is 0.355 e. The molecule has 12 nitrogen and oxygen atoms in total. The zero-order valence-corrected chi connectivity index (χ0v) is 26.1. The van der Waals surface area contributed by atoms with Gasteiger partial charge in [-0.25, -0.2) is 18.7 Å². The van der Waals surface area contributed by atoms with Gasteiger partial charge in [-0.15, -0.1) is 0 Å². The summed E-state index contributed by atoms with van der Waals surface area (Å²) in [5.74, 6) is -1.60. The molecule has 0 saturated carbocycles. The summed E-state index contributed by atoms with van der Waals surface area (Å²) in [7, 11) is 0. The number of hydrogen-bond acceptors (Lipinski definition) is 8. The first-order valence-corrected chi connectivity index (χ1v) is 15.1. The first kappa shape index (κ1) is 29.3. The van der Waals surface area contributed by atoms with Gasteiger partial charge in [0.05, 0.1) is 40.7 Å². The number of aromatic amines is 1. The molecule has 1 aromatic carbocycles. The summed E-state index contributed by atoms with van der Waals surface area (Å²) in [4.78, 5) is 58.2. The van der Waals surface area contributed by atoms with Gasteiger partial charge >= 0.3 is 5.69 Å². The van der Waals surface area contributed by atoms with Gasteiger partial charge in [-0.2, -0.15) is 10.1 Å². The normalized spacial score (nSPS) is 17.8. The standard InChI is InChI=1S/C33H32FN9O3/c1-7-22(44)41-13-18(6)42-21(14-41)32(45)38-28-24-30(37-27(25(28)34)23-16(4)8-9-20-19(23)12-36-40-20)43(33(46)39-31(24)42)29-17(5)10-11-35-26(29)15(2)3/h7-12,15,18,21H,1,13-14H2,2-6H3,(H,36,40)(H,38,45). The second kappa shape index (κ2) is 10.6. The molecule has 7 rings (SSSR count). The summed E-state index contributed by atoms with van der Waals surface area (Å²) in [6.45, 7) is 13.3. The van der Waals surface area contributed by atoms with Crippen LogP contribution in [0.5, 0.6) is 0 Å². The van der Waals surface area contributed by atoms with Crippen LogP contribution in [0.4, 0.5) is 15.9 Å². The molecule has 2 aliphatic heterocycles. The number of fused-ring (bicyclic) bond motifs is 3. The summed E-state index contributed by atoms with van der Waals surface area (Å²) >= 11 is 0. The number of benzene rings is 1. The highest BCUT2D eigenvalue weighted by atomic mass is 19.1. The van der Waals surface area contributed by atoms with E-state index in [-0.39, 0.29) is 53.1 Å². The molecule has 1 saturated heterocycles. The number of H-pyrrole nitrogens is 1. The number of anilines is 2. The summed E-state index contributed by atoms with van der Waals surface area (Å²) in [6, 6.07) is 4.06. The van der Waals surface area contributed by atoms with E-state index in [0.717, 1.165) is 11.1 Å². The van der Waals surface area contributed by atoms with E-state index in [4.69, 9.17) is 4.98 Å². The molecule has 46 heavy (non-hydrogen) atoms. The van der Waals surface area contributed by atoms with Crippen molar-refractivity contribution in [2.75, 3.05) is 23.3 Å². The SMILES string of the molecule is C=CC(=O)N1CC(C)N2c3nc(=O)n(-c4c(C)ccnc4C(C)C)c4nc(-c5c(C)ccc6[nH]ncc56)c(F)c(c34)NC(=O)C2C1. The number of aromatic nitrogens is 6. The lowest BCUT2D eigenvalue weighted by Crippen LogP contribution is -2.62. The zero-order chi connectivity index (χ0) is 32.6. The van der Waals surface area contributed by atoms with Crippen molar-refractivity contribution in [1.82, 2.24) is 34.6 Å². The molecule has 13 heteroatoms. The Morgan fingerprint density at radius 1 is 1.13 bits per heavy atom. The molecule has 6 heterocycles. The van der Waals surface area contributed by atoms with Crippen LogP contribution in [0.3, 0.4) is 0 Å². The molecule has 0 bridgehead atoms. The number of aryl methyl sites for hydroxylation is 2. The zero-order valence-electron chi connectivity index (χ0n) is 26.1.